The summed E-state index contributed by atoms with van der Waals surface area (Å²) in [4.78, 5) is 39.2. The molecule has 4 rings (SSSR count). The molecule has 0 atom stereocenters. The van der Waals surface area contributed by atoms with Crippen LogP contribution in [0.15, 0.2) is 66.2 Å². The van der Waals surface area contributed by atoms with Gasteiger partial charge in [-0.1, -0.05) is 42.5 Å². The topological polar surface area (TPSA) is 84.9 Å². The number of carbonyl (C=O) groups is 3. The Bertz CT molecular complexity index is 1210. The summed E-state index contributed by atoms with van der Waals surface area (Å²) in [5.74, 6) is -0.477. The zero-order valence-electron chi connectivity index (χ0n) is 16.3. The Kier molecular flexibility index (Phi) is 4.93. The van der Waals surface area contributed by atoms with Crippen molar-refractivity contribution in [1.82, 2.24) is 5.32 Å². The second-order valence-corrected chi connectivity index (χ2v) is 6.57. The molecule has 3 aromatic carbocycles. The van der Waals surface area contributed by atoms with Gasteiger partial charge in [-0.2, -0.15) is 0 Å². The van der Waals surface area contributed by atoms with Crippen molar-refractivity contribution in [2.45, 2.75) is 0 Å². The van der Waals surface area contributed by atoms with Crippen LogP contribution in [0, 0.1) is 0 Å². The van der Waals surface area contributed by atoms with Crippen molar-refractivity contribution in [2.24, 2.45) is 0 Å². The highest BCUT2D eigenvalue weighted by atomic mass is 16.5. The lowest BCUT2D eigenvalue weighted by Gasteiger charge is -2.27. The average Bonchev–Trinajstić information content (AvgIpc) is 2.76. The SMILES string of the molecule is COc1ccc(C=C2C(=O)NC(=O)N(c3cccc4ccccc34)C2=O)cc1OC. The molecule has 0 bridgehead atoms. The Morgan fingerprint density at radius 1 is 0.867 bits per heavy atom. The van der Waals surface area contributed by atoms with Gasteiger partial charge in [0, 0.05) is 5.39 Å². The lowest BCUT2D eigenvalue weighted by molar-refractivity contribution is -0.122. The minimum absolute atomic E-state index is 0.158. The van der Waals surface area contributed by atoms with E-state index in [1.807, 2.05) is 30.3 Å². The van der Waals surface area contributed by atoms with E-state index in [1.54, 1.807) is 30.3 Å². The maximum absolute atomic E-state index is 13.2. The lowest BCUT2D eigenvalue weighted by atomic mass is 10.0. The van der Waals surface area contributed by atoms with Crippen LogP contribution in [0.25, 0.3) is 16.8 Å². The van der Waals surface area contributed by atoms with E-state index < -0.39 is 17.8 Å². The van der Waals surface area contributed by atoms with Crippen molar-refractivity contribution in [3.63, 3.8) is 0 Å². The molecule has 1 saturated heterocycles. The Hall–Kier alpha value is -4.13. The summed E-state index contributed by atoms with van der Waals surface area (Å²) < 4.78 is 10.5. The van der Waals surface area contributed by atoms with Gasteiger partial charge in [-0.15, -0.1) is 0 Å². The molecular formula is C23H18N2O5. The van der Waals surface area contributed by atoms with Crippen molar-refractivity contribution in [3.8, 4) is 11.5 Å². The van der Waals surface area contributed by atoms with Crippen LogP contribution in [0.3, 0.4) is 0 Å². The fourth-order valence-corrected chi connectivity index (χ4v) is 3.39. The second kappa shape index (κ2) is 7.71. The molecule has 0 unspecified atom stereocenters. The molecule has 0 spiro atoms. The summed E-state index contributed by atoms with van der Waals surface area (Å²) >= 11 is 0. The smallest absolute Gasteiger partial charge is 0.335 e. The first-order chi connectivity index (χ1) is 14.5. The predicted molar refractivity (Wildman–Crippen MR) is 112 cm³/mol. The van der Waals surface area contributed by atoms with Gasteiger partial charge in [0.05, 0.1) is 19.9 Å². The zero-order valence-corrected chi connectivity index (χ0v) is 16.3. The summed E-state index contributed by atoms with van der Waals surface area (Å²) in [7, 11) is 3.01. The van der Waals surface area contributed by atoms with Crippen molar-refractivity contribution < 1.29 is 23.9 Å². The zero-order chi connectivity index (χ0) is 21.3. The molecule has 1 fully saturated rings. The largest absolute Gasteiger partial charge is 0.493 e. The number of amides is 4. The molecule has 0 saturated carbocycles. The van der Waals surface area contributed by atoms with Gasteiger partial charge >= 0.3 is 6.03 Å². The molecule has 7 nitrogen and oxygen atoms in total. The second-order valence-electron chi connectivity index (χ2n) is 6.57. The fraction of sp³-hybridized carbons (Fsp3) is 0.0870. The molecule has 1 aliphatic rings. The molecule has 1 heterocycles. The van der Waals surface area contributed by atoms with Gasteiger partial charge in [-0.05, 0) is 35.2 Å². The van der Waals surface area contributed by atoms with Crippen LogP contribution in [0.5, 0.6) is 11.5 Å². The fourth-order valence-electron chi connectivity index (χ4n) is 3.39. The number of methoxy groups -OCH3 is 2. The number of anilines is 1. The highest BCUT2D eigenvalue weighted by Gasteiger charge is 2.37. The standard InChI is InChI=1S/C23H18N2O5/c1-29-19-11-10-14(13-20(19)30-2)12-17-21(26)24-23(28)25(22(17)27)18-9-5-7-15-6-3-4-8-16(15)18/h3-13H,1-2H3,(H,24,26,28). The number of fused-ring (bicyclic) bond motifs is 1. The minimum atomic E-state index is -0.786. The Morgan fingerprint density at radius 2 is 1.60 bits per heavy atom. The number of hydrogen-bond donors (Lipinski definition) is 1. The lowest BCUT2D eigenvalue weighted by Crippen LogP contribution is -2.54. The molecule has 150 valence electrons. The number of nitrogens with one attached hydrogen (secondary N) is 1. The van der Waals surface area contributed by atoms with Gasteiger partial charge in [-0.25, -0.2) is 9.69 Å². The van der Waals surface area contributed by atoms with Gasteiger partial charge in [0.1, 0.15) is 5.57 Å². The Labute approximate surface area is 172 Å². The molecule has 0 radical (unpaired) electrons. The molecule has 3 aromatic rings. The molecule has 1 N–H and O–H groups in total. The number of barbiturate groups is 1. The van der Waals surface area contributed by atoms with Crippen molar-refractivity contribution in [3.05, 3.63) is 71.8 Å². The maximum atomic E-state index is 13.2. The third-order valence-electron chi connectivity index (χ3n) is 4.83. The van der Waals surface area contributed by atoms with Gasteiger partial charge in [-0.3, -0.25) is 14.9 Å². The molecular weight excluding hydrogens is 384 g/mol. The number of ether oxygens (including phenoxy) is 2. The Morgan fingerprint density at radius 3 is 2.37 bits per heavy atom. The number of urea groups is 1. The van der Waals surface area contributed by atoms with Gasteiger partial charge in [0.25, 0.3) is 11.8 Å². The molecule has 4 amide bonds. The summed E-state index contributed by atoms with van der Waals surface area (Å²) in [6, 6.07) is 16.9. The summed E-state index contributed by atoms with van der Waals surface area (Å²) in [5.41, 5.74) is 0.800. The van der Waals surface area contributed by atoms with E-state index in [4.69, 9.17) is 9.47 Å². The highest BCUT2D eigenvalue weighted by molar-refractivity contribution is 6.40. The van der Waals surface area contributed by atoms with E-state index in [1.165, 1.54) is 20.3 Å². The van der Waals surface area contributed by atoms with Crippen LogP contribution in [-0.2, 0) is 9.59 Å². The number of hydrogen-bond acceptors (Lipinski definition) is 5. The molecule has 1 aliphatic heterocycles. The maximum Gasteiger partial charge on any atom is 0.335 e. The molecule has 0 aliphatic carbocycles. The highest BCUT2D eigenvalue weighted by Crippen LogP contribution is 2.31. The number of carbonyl (C=O) groups excluding carboxylic acids is 3. The van der Waals surface area contributed by atoms with Crippen LogP contribution >= 0.6 is 0 Å². The number of nitrogens with zero attached hydrogens (tertiary/aromatic N) is 1. The van der Waals surface area contributed by atoms with E-state index in [0.717, 1.165) is 15.7 Å². The first-order valence-corrected chi connectivity index (χ1v) is 9.14. The summed E-state index contributed by atoms with van der Waals surface area (Å²) in [5, 5.41) is 3.85. The van der Waals surface area contributed by atoms with E-state index >= 15 is 0 Å². The van der Waals surface area contributed by atoms with Crippen LogP contribution in [0.1, 0.15) is 5.56 Å². The van der Waals surface area contributed by atoms with Crippen LogP contribution in [0.4, 0.5) is 10.5 Å². The first-order valence-electron chi connectivity index (χ1n) is 9.14. The Balaban J connectivity index is 1.79. The summed E-state index contributed by atoms with van der Waals surface area (Å²) in [6.45, 7) is 0. The monoisotopic (exact) mass is 402 g/mol. The number of rotatable bonds is 4. The quantitative estimate of drug-likeness (QED) is 0.533. The van der Waals surface area contributed by atoms with Gasteiger partial charge in [0.2, 0.25) is 0 Å². The van der Waals surface area contributed by atoms with Crippen molar-refractivity contribution in [2.75, 3.05) is 19.1 Å². The number of benzene rings is 3. The minimum Gasteiger partial charge on any atom is -0.493 e. The van der Waals surface area contributed by atoms with Crippen LogP contribution in [-0.4, -0.2) is 32.1 Å². The van der Waals surface area contributed by atoms with E-state index in [9.17, 15) is 14.4 Å². The molecule has 30 heavy (non-hydrogen) atoms. The van der Waals surface area contributed by atoms with Crippen molar-refractivity contribution >= 4 is 40.4 Å². The summed E-state index contributed by atoms with van der Waals surface area (Å²) in [6.07, 6.45) is 1.42. The predicted octanol–water partition coefficient (Wildman–Crippen LogP) is 3.52. The van der Waals surface area contributed by atoms with Crippen LogP contribution < -0.4 is 19.7 Å². The normalized spacial score (nSPS) is 15.5. The van der Waals surface area contributed by atoms with Gasteiger partial charge in [0.15, 0.2) is 11.5 Å². The van der Waals surface area contributed by atoms with Crippen molar-refractivity contribution in [1.29, 1.82) is 0 Å². The van der Waals surface area contributed by atoms with Crippen LogP contribution in [0.2, 0.25) is 0 Å². The third kappa shape index (κ3) is 3.26. The van der Waals surface area contributed by atoms with E-state index in [-0.39, 0.29) is 5.57 Å². The van der Waals surface area contributed by atoms with E-state index in [2.05, 4.69) is 5.32 Å². The average molecular weight is 402 g/mol. The van der Waals surface area contributed by atoms with E-state index in [0.29, 0.717) is 22.7 Å². The molecule has 7 heteroatoms. The third-order valence-corrected chi connectivity index (χ3v) is 4.83. The number of imide groups is 2. The first kappa shape index (κ1) is 19.2. The molecule has 0 aromatic heterocycles. The van der Waals surface area contributed by atoms with Gasteiger partial charge < -0.3 is 9.47 Å².